The van der Waals surface area contributed by atoms with Crippen LogP contribution >= 0.6 is 23.6 Å². The zero-order valence-corrected chi connectivity index (χ0v) is 11.4. The Kier molecular flexibility index (Phi) is 4.18. The maximum absolute atomic E-state index is 10.4. The third-order valence-electron chi connectivity index (χ3n) is 2.35. The van der Waals surface area contributed by atoms with Gasteiger partial charge >= 0.3 is 5.97 Å². The van der Waals surface area contributed by atoms with E-state index in [1.165, 1.54) is 11.3 Å². The van der Waals surface area contributed by atoms with Crippen LogP contribution < -0.4 is 4.74 Å². The van der Waals surface area contributed by atoms with Gasteiger partial charge in [0.05, 0.1) is 4.88 Å². The number of carboxylic acids is 1. The number of aromatic nitrogens is 1. The molecule has 5 nitrogen and oxygen atoms in total. The number of carboxylic acid groups (broad SMARTS) is 1. The van der Waals surface area contributed by atoms with Crippen molar-refractivity contribution in [2.24, 2.45) is 0 Å². The van der Waals surface area contributed by atoms with Crippen LogP contribution in [0.25, 0.3) is 0 Å². The van der Waals surface area contributed by atoms with Crippen LogP contribution in [0.2, 0.25) is 0 Å². The lowest BCUT2D eigenvalue weighted by Crippen LogP contribution is -2.09. The lowest BCUT2D eigenvalue weighted by atomic mass is 10.1. The zero-order valence-electron chi connectivity index (χ0n) is 9.75. The number of hydrogen-bond acceptors (Lipinski definition) is 5. The second-order valence-electron chi connectivity index (χ2n) is 3.79. The van der Waals surface area contributed by atoms with Gasteiger partial charge in [-0.15, -0.1) is 11.3 Å². The molecule has 0 aliphatic carbocycles. The molecule has 1 aromatic heterocycles. The third kappa shape index (κ3) is 3.80. The van der Waals surface area contributed by atoms with Crippen molar-refractivity contribution in [3.05, 3.63) is 38.7 Å². The maximum Gasteiger partial charge on any atom is 0.341 e. The van der Waals surface area contributed by atoms with Crippen LogP contribution in [0.5, 0.6) is 11.6 Å². The number of aromatic amines is 1. The summed E-state index contributed by atoms with van der Waals surface area (Å²) in [6.07, 6.45) is 0.558. The molecule has 1 aromatic carbocycles. The summed E-state index contributed by atoms with van der Waals surface area (Å²) in [6, 6.07) is 7.03. The lowest BCUT2D eigenvalue weighted by molar-refractivity contribution is -0.139. The van der Waals surface area contributed by atoms with Crippen molar-refractivity contribution in [1.29, 1.82) is 0 Å². The van der Waals surface area contributed by atoms with E-state index in [9.17, 15) is 9.90 Å². The minimum absolute atomic E-state index is 0.0983. The molecular formula is C12H11NO4S2. The number of aliphatic carboxylic acids is 1. The molecule has 1 heterocycles. The van der Waals surface area contributed by atoms with Crippen molar-refractivity contribution in [2.45, 2.75) is 6.42 Å². The summed E-state index contributed by atoms with van der Waals surface area (Å²) in [5, 5.41) is 18.1. The topological polar surface area (TPSA) is 82.5 Å². The van der Waals surface area contributed by atoms with Crippen molar-refractivity contribution in [2.75, 3.05) is 6.61 Å². The SMILES string of the molecule is O=C(O)COc1ccc(Cc2sc(=S)[nH]c2O)cc1. The van der Waals surface area contributed by atoms with Gasteiger partial charge in [0.1, 0.15) is 5.75 Å². The maximum atomic E-state index is 10.4. The highest BCUT2D eigenvalue weighted by atomic mass is 32.1. The van der Waals surface area contributed by atoms with Gasteiger partial charge in [-0.1, -0.05) is 12.1 Å². The fraction of sp³-hybridized carbons (Fsp3) is 0.167. The highest BCUT2D eigenvalue weighted by molar-refractivity contribution is 7.73. The van der Waals surface area contributed by atoms with Crippen molar-refractivity contribution in [3.63, 3.8) is 0 Å². The van der Waals surface area contributed by atoms with Crippen LogP contribution in [0, 0.1) is 3.95 Å². The smallest absolute Gasteiger partial charge is 0.341 e. The average Bonchev–Trinajstić information content (AvgIpc) is 2.67. The van der Waals surface area contributed by atoms with E-state index in [0.29, 0.717) is 16.1 Å². The first kappa shape index (κ1) is 13.6. The van der Waals surface area contributed by atoms with Crippen LogP contribution in [-0.2, 0) is 11.2 Å². The molecule has 0 saturated carbocycles. The molecule has 0 saturated heterocycles. The number of ether oxygens (including phenoxy) is 1. The fourth-order valence-electron chi connectivity index (χ4n) is 1.51. The average molecular weight is 297 g/mol. The Balaban J connectivity index is 2.04. The van der Waals surface area contributed by atoms with Gasteiger partial charge in [0, 0.05) is 6.42 Å². The molecule has 0 aliphatic rings. The number of H-pyrrole nitrogens is 1. The Morgan fingerprint density at radius 3 is 2.58 bits per heavy atom. The van der Waals surface area contributed by atoms with E-state index in [2.05, 4.69) is 4.98 Å². The first-order chi connectivity index (χ1) is 9.04. The quantitative estimate of drug-likeness (QED) is 0.739. The van der Waals surface area contributed by atoms with Gasteiger partial charge in [0.2, 0.25) is 5.88 Å². The van der Waals surface area contributed by atoms with Gasteiger partial charge in [-0.2, -0.15) is 0 Å². The Bertz CT molecular complexity index is 630. The predicted molar refractivity (Wildman–Crippen MR) is 73.5 cm³/mol. The predicted octanol–water partition coefficient (Wildman–Crippen LogP) is 2.57. The van der Waals surface area contributed by atoms with Crippen molar-refractivity contribution in [3.8, 4) is 11.6 Å². The highest BCUT2D eigenvalue weighted by Crippen LogP contribution is 2.25. The van der Waals surface area contributed by atoms with E-state index >= 15 is 0 Å². The second kappa shape index (κ2) is 5.85. The fourth-order valence-corrected chi connectivity index (χ4v) is 2.66. The Morgan fingerprint density at radius 2 is 2.05 bits per heavy atom. The number of nitrogens with one attached hydrogen (secondary N) is 1. The van der Waals surface area contributed by atoms with Crippen LogP contribution in [0.3, 0.4) is 0 Å². The number of benzene rings is 1. The molecule has 0 fully saturated rings. The molecule has 0 bridgehead atoms. The first-order valence-corrected chi connectivity index (χ1v) is 6.61. The lowest BCUT2D eigenvalue weighted by Gasteiger charge is -2.04. The highest BCUT2D eigenvalue weighted by Gasteiger charge is 2.06. The summed E-state index contributed by atoms with van der Waals surface area (Å²) in [5.41, 5.74) is 0.975. The monoisotopic (exact) mass is 297 g/mol. The molecule has 0 unspecified atom stereocenters. The molecule has 3 N–H and O–H groups in total. The first-order valence-electron chi connectivity index (χ1n) is 5.39. The molecule has 0 aliphatic heterocycles. The van der Waals surface area contributed by atoms with E-state index < -0.39 is 5.97 Å². The number of aromatic hydroxyl groups is 1. The third-order valence-corrected chi connectivity index (χ3v) is 3.57. The Labute approximate surface area is 118 Å². The molecule has 2 aromatic rings. The van der Waals surface area contributed by atoms with E-state index in [0.717, 1.165) is 10.4 Å². The van der Waals surface area contributed by atoms with Crippen molar-refractivity contribution < 1.29 is 19.7 Å². The van der Waals surface area contributed by atoms with E-state index in [1.54, 1.807) is 12.1 Å². The standard InChI is InChI=1S/C12H11NO4S2/c14-10(15)6-17-8-3-1-7(2-4-8)5-9-11(16)13-12(18)19-9/h1-4,16H,5-6H2,(H,13,18)(H,14,15). The summed E-state index contributed by atoms with van der Waals surface area (Å²) in [4.78, 5) is 13.8. The van der Waals surface area contributed by atoms with Crippen LogP contribution in [0.4, 0.5) is 0 Å². The minimum atomic E-state index is -1.01. The van der Waals surface area contributed by atoms with Gasteiger partial charge in [0.25, 0.3) is 0 Å². The number of thiazole rings is 1. The Hall–Kier alpha value is -1.86. The normalized spacial score (nSPS) is 10.3. The van der Waals surface area contributed by atoms with Crippen LogP contribution in [0.15, 0.2) is 24.3 Å². The summed E-state index contributed by atoms with van der Waals surface area (Å²) in [5.74, 6) is -0.417. The summed E-state index contributed by atoms with van der Waals surface area (Å²) in [6.45, 7) is -0.362. The largest absolute Gasteiger partial charge is 0.494 e. The molecule has 19 heavy (non-hydrogen) atoms. The van der Waals surface area contributed by atoms with Crippen molar-refractivity contribution in [1.82, 2.24) is 4.98 Å². The summed E-state index contributed by atoms with van der Waals surface area (Å²) in [7, 11) is 0. The molecule has 0 spiro atoms. The van der Waals surface area contributed by atoms with E-state index in [1.807, 2.05) is 12.1 Å². The van der Waals surface area contributed by atoms with Gasteiger partial charge in [-0.05, 0) is 29.9 Å². The van der Waals surface area contributed by atoms with Crippen LogP contribution in [0.1, 0.15) is 10.4 Å². The van der Waals surface area contributed by atoms with E-state index in [4.69, 9.17) is 22.1 Å². The summed E-state index contributed by atoms with van der Waals surface area (Å²) < 4.78 is 5.57. The van der Waals surface area contributed by atoms with Gasteiger partial charge in [0.15, 0.2) is 10.6 Å². The number of rotatable bonds is 5. The number of hydrogen-bond donors (Lipinski definition) is 3. The van der Waals surface area contributed by atoms with Gasteiger partial charge in [-0.25, -0.2) is 4.79 Å². The second-order valence-corrected chi connectivity index (χ2v) is 5.56. The van der Waals surface area contributed by atoms with Gasteiger partial charge < -0.3 is 19.9 Å². The molecule has 2 rings (SSSR count). The minimum Gasteiger partial charge on any atom is -0.494 e. The molecule has 0 amide bonds. The summed E-state index contributed by atoms with van der Waals surface area (Å²) >= 11 is 6.27. The molecular weight excluding hydrogens is 286 g/mol. The Morgan fingerprint density at radius 1 is 1.37 bits per heavy atom. The van der Waals surface area contributed by atoms with Gasteiger partial charge in [-0.3, -0.25) is 0 Å². The molecule has 100 valence electrons. The molecule has 0 atom stereocenters. The van der Waals surface area contributed by atoms with E-state index in [-0.39, 0.29) is 12.5 Å². The van der Waals surface area contributed by atoms with Crippen LogP contribution in [-0.4, -0.2) is 27.8 Å². The molecule has 0 radical (unpaired) electrons. The van der Waals surface area contributed by atoms with Crippen molar-refractivity contribution >= 4 is 29.5 Å². The molecule has 7 heteroatoms. The number of carbonyl (C=O) groups is 1. The zero-order chi connectivity index (χ0) is 13.8.